The van der Waals surface area contributed by atoms with Crippen LogP contribution >= 0.6 is 0 Å². The molecule has 1 nitrogen and oxygen atoms in total. The molecule has 0 bridgehead atoms. The van der Waals surface area contributed by atoms with Crippen molar-refractivity contribution in [2.45, 2.75) is 26.2 Å². The Hall–Kier alpha value is -2.48. The molecule has 1 aliphatic heterocycles. The number of para-hydroxylation sites is 2. The van der Waals surface area contributed by atoms with E-state index in [-0.39, 0.29) is 12.1 Å². The fraction of sp³-hybridized carbons (Fsp3) is 0.182. The van der Waals surface area contributed by atoms with Crippen LogP contribution in [0.2, 0.25) is 0 Å². The lowest BCUT2D eigenvalue weighted by Crippen LogP contribution is -2.56. The average Bonchev–Trinajstić information content (AvgIpc) is 2.59. The quantitative estimate of drug-likeness (QED) is 0.488. The Morgan fingerprint density at radius 3 is 1.62 bits per heavy atom. The molecule has 0 fully saturated rings. The standard InChI is InChI=1S/C22H21BO/c1-22(2,3)16-10-4-5-11-17(16)23-18-12-6-8-14-20(18)24-21-15-9-7-13-19(21)23/h4-15H,1-3H3. The largest absolute Gasteiger partial charge is 0.458 e. The predicted molar refractivity (Wildman–Crippen MR) is 103 cm³/mol. The highest BCUT2D eigenvalue weighted by Crippen LogP contribution is 2.26. The molecule has 0 unspecified atom stereocenters. The molecule has 0 aliphatic carbocycles. The van der Waals surface area contributed by atoms with E-state index in [0.717, 1.165) is 11.5 Å². The summed E-state index contributed by atoms with van der Waals surface area (Å²) in [6.45, 7) is 7.05. The van der Waals surface area contributed by atoms with Gasteiger partial charge in [0.15, 0.2) is 0 Å². The molecule has 3 aromatic rings. The van der Waals surface area contributed by atoms with Crippen LogP contribution in [-0.2, 0) is 5.41 Å². The van der Waals surface area contributed by atoms with Crippen molar-refractivity contribution in [2.24, 2.45) is 0 Å². The van der Waals surface area contributed by atoms with Crippen LogP contribution in [0.4, 0.5) is 0 Å². The minimum atomic E-state index is 0.0960. The smallest absolute Gasteiger partial charge is 0.251 e. The maximum atomic E-state index is 6.15. The van der Waals surface area contributed by atoms with Crippen molar-refractivity contribution < 1.29 is 4.74 Å². The number of hydrogen-bond donors (Lipinski definition) is 0. The van der Waals surface area contributed by atoms with Crippen molar-refractivity contribution >= 4 is 23.1 Å². The molecule has 118 valence electrons. The Morgan fingerprint density at radius 1 is 0.625 bits per heavy atom. The van der Waals surface area contributed by atoms with Crippen LogP contribution in [0.5, 0.6) is 11.5 Å². The molecule has 3 aromatic carbocycles. The molecule has 2 heteroatoms. The Bertz CT molecular complexity index is 847. The third-order valence-electron chi connectivity index (χ3n) is 4.76. The fourth-order valence-corrected chi connectivity index (χ4v) is 3.68. The summed E-state index contributed by atoms with van der Waals surface area (Å²) in [7, 11) is 0. The summed E-state index contributed by atoms with van der Waals surface area (Å²) in [6, 6.07) is 25.6. The first-order chi connectivity index (χ1) is 11.6. The van der Waals surface area contributed by atoms with Gasteiger partial charge in [-0.3, -0.25) is 0 Å². The van der Waals surface area contributed by atoms with E-state index >= 15 is 0 Å². The number of hydrogen-bond acceptors (Lipinski definition) is 1. The molecule has 0 saturated carbocycles. The third kappa shape index (κ3) is 2.43. The summed E-state index contributed by atoms with van der Waals surface area (Å²) < 4.78 is 6.15. The van der Waals surface area contributed by atoms with Crippen molar-refractivity contribution in [3.05, 3.63) is 78.4 Å². The normalized spacial score (nSPS) is 13.0. The Labute approximate surface area is 144 Å². The second-order valence-electron chi connectivity index (χ2n) is 7.45. The average molecular weight is 312 g/mol. The topological polar surface area (TPSA) is 9.23 Å². The summed E-state index contributed by atoms with van der Waals surface area (Å²) in [5, 5.41) is 0. The maximum Gasteiger partial charge on any atom is 0.251 e. The van der Waals surface area contributed by atoms with Crippen LogP contribution in [-0.4, -0.2) is 6.71 Å². The minimum Gasteiger partial charge on any atom is -0.458 e. The third-order valence-corrected chi connectivity index (χ3v) is 4.76. The second kappa shape index (κ2) is 5.56. The minimum absolute atomic E-state index is 0.0960. The monoisotopic (exact) mass is 312 g/mol. The number of rotatable bonds is 1. The van der Waals surface area contributed by atoms with E-state index < -0.39 is 0 Å². The predicted octanol–water partition coefficient (Wildman–Crippen LogP) is 3.61. The maximum absolute atomic E-state index is 6.15. The van der Waals surface area contributed by atoms with Crippen LogP contribution in [0, 0.1) is 0 Å². The molecular formula is C22H21BO. The second-order valence-corrected chi connectivity index (χ2v) is 7.45. The molecule has 1 aliphatic rings. The molecule has 24 heavy (non-hydrogen) atoms. The molecule has 4 rings (SSSR count). The molecule has 0 aromatic heterocycles. The highest BCUT2D eigenvalue weighted by atomic mass is 16.5. The molecule has 0 saturated heterocycles. The van der Waals surface area contributed by atoms with Crippen LogP contribution in [0.15, 0.2) is 72.8 Å². The first-order valence-electron chi connectivity index (χ1n) is 8.51. The van der Waals surface area contributed by atoms with Crippen molar-refractivity contribution in [3.63, 3.8) is 0 Å². The van der Waals surface area contributed by atoms with Crippen molar-refractivity contribution in [3.8, 4) is 11.5 Å². The van der Waals surface area contributed by atoms with Crippen LogP contribution < -0.4 is 21.1 Å². The molecule has 1 heterocycles. The molecule has 0 radical (unpaired) electrons. The summed E-state index contributed by atoms with van der Waals surface area (Å²) in [5.41, 5.74) is 5.34. The van der Waals surface area contributed by atoms with E-state index in [0.29, 0.717) is 0 Å². The molecule has 0 atom stereocenters. The lowest BCUT2D eigenvalue weighted by atomic mass is 9.34. The van der Waals surface area contributed by atoms with Crippen LogP contribution in [0.3, 0.4) is 0 Å². The number of benzene rings is 3. The highest BCUT2D eigenvalue weighted by Gasteiger charge is 2.34. The zero-order chi connectivity index (χ0) is 16.7. The van der Waals surface area contributed by atoms with Crippen LogP contribution in [0.1, 0.15) is 26.3 Å². The number of ether oxygens (including phenoxy) is 1. The van der Waals surface area contributed by atoms with Gasteiger partial charge in [-0.15, -0.1) is 0 Å². The van der Waals surface area contributed by atoms with E-state index in [1.54, 1.807) is 0 Å². The molecule has 0 N–H and O–H groups in total. The summed E-state index contributed by atoms with van der Waals surface area (Å²) in [4.78, 5) is 0. The lowest BCUT2D eigenvalue weighted by Gasteiger charge is -2.31. The van der Waals surface area contributed by atoms with Crippen molar-refractivity contribution in [1.29, 1.82) is 0 Å². The van der Waals surface area contributed by atoms with Gasteiger partial charge in [0, 0.05) is 0 Å². The Balaban J connectivity index is 2.00. The van der Waals surface area contributed by atoms with Gasteiger partial charge < -0.3 is 4.74 Å². The summed E-state index contributed by atoms with van der Waals surface area (Å²) in [6.07, 6.45) is 0. The Morgan fingerprint density at radius 2 is 1.08 bits per heavy atom. The first kappa shape index (κ1) is 15.1. The van der Waals surface area contributed by atoms with Gasteiger partial charge in [0.05, 0.1) is 0 Å². The van der Waals surface area contributed by atoms with Crippen molar-refractivity contribution in [1.82, 2.24) is 0 Å². The van der Waals surface area contributed by atoms with E-state index in [9.17, 15) is 0 Å². The van der Waals surface area contributed by atoms with Gasteiger partial charge in [-0.25, -0.2) is 0 Å². The van der Waals surface area contributed by atoms with E-state index in [1.165, 1.54) is 22.0 Å². The molecule has 0 spiro atoms. The number of fused-ring (bicyclic) bond motifs is 2. The Kier molecular flexibility index (Phi) is 3.49. The van der Waals surface area contributed by atoms with E-state index in [4.69, 9.17) is 4.74 Å². The van der Waals surface area contributed by atoms with E-state index in [2.05, 4.69) is 81.4 Å². The summed E-state index contributed by atoms with van der Waals surface area (Å²) in [5.74, 6) is 1.93. The molecular weight excluding hydrogens is 291 g/mol. The fourth-order valence-electron chi connectivity index (χ4n) is 3.68. The zero-order valence-corrected chi connectivity index (χ0v) is 14.4. The van der Waals surface area contributed by atoms with Gasteiger partial charge in [0.2, 0.25) is 0 Å². The van der Waals surface area contributed by atoms with Gasteiger partial charge in [-0.1, -0.05) is 86.9 Å². The van der Waals surface area contributed by atoms with Gasteiger partial charge in [-0.05, 0) is 34.0 Å². The zero-order valence-electron chi connectivity index (χ0n) is 14.4. The van der Waals surface area contributed by atoms with Crippen molar-refractivity contribution in [2.75, 3.05) is 0 Å². The molecule has 0 amide bonds. The lowest BCUT2D eigenvalue weighted by molar-refractivity contribution is 0.487. The first-order valence-corrected chi connectivity index (χ1v) is 8.51. The van der Waals surface area contributed by atoms with Gasteiger partial charge in [-0.2, -0.15) is 0 Å². The highest BCUT2D eigenvalue weighted by molar-refractivity contribution is 6.97. The summed E-state index contributed by atoms with van der Waals surface area (Å²) >= 11 is 0. The van der Waals surface area contributed by atoms with Gasteiger partial charge in [0.1, 0.15) is 11.5 Å². The SMILES string of the molecule is CC(C)(C)c1ccccc1B1c2ccccc2Oc2ccccc21. The van der Waals surface area contributed by atoms with Gasteiger partial charge >= 0.3 is 0 Å². The van der Waals surface area contributed by atoms with Crippen LogP contribution in [0.25, 0.3) is 0 Å². The van der Waals surface area contributed by atoms with Gasteiger partial charge in [0.25, 0.3) is 6.71 Å². The van der Waals surface area contributed by atoms with E-state index in [1.807, 2.05) is 12.1 Å².